The van der Waals surface area contributed by atoms with E-state index >= 15 is 0 Å². The van der Waals surface area contributed by atoms with Crippen molar-refractivity contribution in [2.24, 2.45) is 0 Å². The fraction of sp³-hybridized carbons (Fsp3) is 0.182. The Kier molecular flexibility index (Phi) is 3.44. The molecule has 1 aromatic heterocycles. The first-order valence-electron chi connectivity index (χ1n) is 4.92. The van der Waals surface area contributed by atoms with Crippen LogP contribution in [0.5, 0.6) is 5.75 Å². The lowest BCUT2D eigenvalue weighted by Gasteiger charge is -2.07. The second-order valence-electron chi connectivity index (χ2n) is 3.38. The van der Waals surface area contributed by atoms with Crippen molar-refractivity contribution in [2.45, 2.75) is 13.1 Å². The summed E-state index contributed by atoms with van der Waals surface area (Å²) in [5.74, 6) is 1.06. The maximum atomic E-state index is 9.60. The number of H-pyrrole nitrogens is 1. The Bertz CT molecular complexity index is 436. The van der Waals surface area contributed by atoms with Crippen LogP contribution < -0.4 is 5.32 Å². The van der Waals surface area contributed by atoms with E-state index in [0.29, 0.717) is 23.7 Å². The molecular formula is C11H12ClN3O. The van der Waals surface area contributed by atoms with Gasteiger partial charge in [0.05, 0.1) is 6.54 Å². The summed E-state index contributed by atoms with van der Waals surface area (Å²) >= 11 is 5.97. The molecule has 2 aromatic rings. The Hall–Kier alpha value is -1.52. The third-order valence-electron chi connectivity index (χ3n) is 2.24. The van der Waals surface area contributed by atoms with Crippen LogP contribution in [0.4, 0.5) is 0 Å². The van der Waals surface area contributed by atoms with Gasteiger partial charge in [0, 0.05) is 29.5 Å². The molecule has 0 aliphatic rings. The molecule has 0 radical (unpaired) electrons. The van der Waals surface area contributed by atoms with Gasteiger partial charge in [0.25, 0.3) is 0 Å². The second kappa shape index (κ2) is 5.01. The van der Waals surface area contributed by atoms with Crippen molar-refractivity contribution in [1.29, 1.82) is 0 Å². The molecule has 3 N–H and O–H groups in total. The molecule has 1 aromatic carbocycles. The number of imidazole rings is 1. The van der Waals surface area contributed by atoms with E-state index < -0.39 is 0 Å². The van der Waals surface area contributed by atoms with E-state index in [1.165, 1.54) is 0 Å². The van der Waals surface area contributed by atoms with Gasteiger partial charge in [0.2, 0.25) is 0 Å². The van der Waals surface area contributed by atoms with Gasteiger partial charge in [-0.25, -0.2) is 4.98 Å². The number of aromatic nitrogens is 2. The summed E-state index contributed by atoms with van der Waals surface area (Å²) in [6.45, 7) is 1.11. The van der Waals surface area contributed by atoms with Gasteiger partial charge in [-0.3, -0.25) is 0 Å². The molecule has 0 saturated heterocycles. The topological polar surface area (TPSA) is 60.9 Å². The lowest BCUT2D eigenvalue weighted by atomic mass is 10.2. The van der Waals surface area contributed by atoms with Crippen molar-refractivity contribution in [3.8, 4) is 5.75 Å². The zero-order valence-corrected chi connectivity index (χ0v) is 9.33. The van der Waals surface area contributed by atoms with Gasteiger partial charge in [0.1, 0.15) is 11.6 Å². The smallest absolute Gasteiger partial charge is 0.121 e. The standard InChI is InChI=1S/C11H12ClN3O/c12-9-2-1-3-10(16)8(9)6-13-7-11-14-4-5-15-11/h1-5,13,16H,6-7H2,(H,14,15). The predicted molar refractivity (Wildman–Crippen MR) is 62.2 cm³/mol. The minimum absolute atomic E-state index is 0.208. The fourth-order valence-corrected chi connectivity index (χ4v) is 1.66. The van der Waals surface area contributed by atoms with Crippen molar-refractivity contribution in [3.05, 3.63) is 47.0 Å². The van der Waals surface area contributed by atoms with Gasteiger partial charge in [0.15, 0.2) is 0 Å². The van der Waals surface area contributed by atoms with Crippen molar-refractivity contribution in [3.63, 3.8) is 0 Å². The molecule has 0 fully saturated rings. The molecule has 0 bridgehead atoms. The first kappa shape index (κ1) is 11.0. The lowest BCUT2D eigenvalue weighted by molar-refractivity contribution is 0.464. The van der Waals surface area contributed by atoms with E-state index in [0.717, 1.165) is 5.82 Å². The number of halogens is 1. The predicted octanol–water partition coefficient (Wildman–Crippen LogP) is 2.06. The highest BCUT2D eigenvalue weighted by Gasteiger charge is 2.05. The number of phenols is 1. The van der Waals surface area contributed by atoms with Crippen LogP contribution in [0.1, 0.15) is 11.4 Å². The van der Waals surface area contributed by atoms with E-state index in [1.807, 2.05) is 0 Å². The molecular weight excluding hydrogens is 226 g/mol. The van der Waals surface area contributed by atoms with Gasteiger partial charge in [-0.15, -0.1) is 0 Å². The Morgan fingerprint density at radius 2 is 2.25 bits per heavy atom. The summed E-state index contributed by atoms with van der Waals surface area (Å²) in [6.07, 6.45) is 3.47. The van der Waals surface area contributed by atoms with Crippen LogP contribution in [0, 0.1) is 0 Å². The first-order valence-corrected chi connectivity index (χ1v) is 5.30. The third kappa shape index (κ3) is 2.53. The van der Waals surface area contributed by atoms with Crippen LogP contribution in [0.3, 0.4) is 0 Å². The van der Waals surface area contributed by atoms with Crippen LogP contribution in [-0.4, -0.2) is 15.1 Å². The molecule has 0 spiro atoms. The highest BCUT2D eigenvalue weighted by atomic mass is 35.5. The van der Waals surface area contributed by atoms with E-state index in [1.54, 1.807) is 30.6 Å². The normalized spacial score (nSPS) is 10.6. The van der Waals surface area contributed by atoms with Crippen LogP contribution >= 0.6 is 11.6 Å². The number of benzene rings is 1. The number of rotatable bonds is 4. The molecule has 0 saturated carbocycles. The van der Waals surface area contributed by atoms with E-state index in [9.17, 15) is 5.11 Å². The number of nitrogens with zero attached hydrogens (tertiary/aromatic N) is 1. The van der Waals surface area contributed by atoms with Crippen molar-refractivity contribution >= 4 is 11.6 Å². The van der Waals surface area contributed by atoms with E-state index in [4.69, 9.17) is 11.6 Å². The van der Waals surface area contributed by atoms with E-state index in [-0.39, 0.29) is 5.75 Å². The molecule has 0 atom stereocenters. The zero-order chi connectivity index (χ0) is 11.4. The maximum Gasteiger partial charge on any atom is 0.121 e. The van der Waals surface area contributed by atoms with Gasteiger partial charge in [-0.2, -0.15) is 0 Å². The maximum absolute atomic E-state index is 9.60. The molecule has 0 aliphatic carbocycles. The SMILES string of the molecule is Oc1cccc(Cl)c1CNCc1ncc[nH]1. The molecule has 1 heterocycles. The molecule has 0 unspecified atom stereocenters. The molecule has 5 heteroatoms. The third-order valence-corrected chi connectivity index (χ3v) is 2.60. The quantitative estimate of drug-likeness (QED) is 0.763. The van der Waals surface area contributed by atoms with Crippen LogP contribution in [-0.2, 0) is 13.1 Å². The minimum Gasteiger partial charge on any atom is -0.508 e. The van der Waals surface area contributed by atoms with Gasteiger partial charge < -0.3 is 15.4 Å². The van der Waals surface area contributed by atoms with Crippen molar-refractivity contribution < 1.29 is 5.11 Å². The molecule has 84 valence electrons. The summed E-state index contributed by atoms with van der Waals surface area (Å²) < 4.78 is 0. The summed E-state index contributed by atoms with van der Waals surface area (Å²) in [5.41, 5.74) is 0.704. The Morgan fingerprint density at radius 1 is 1.38 bits per heavy atom. The summed E-state index contributed by atoms with van der Waals surface area (Å²) in [5, 5.41) is 13.3. The molecule has 0 amide bonds. The zero-order valence-electron chi connectivity index (χ0n) is 8.57. The number of hydrogen-bond acceptors (Lipinski definition) is 3. The van der Waals surface area contributed by atoms with Crippen molar-refractivity contribution in [1.82, 2.24) is 15.3 Å². The average Bonchev–Trinajstić information content (AvgIpc) is 2.75. The van der Waals surface area contributed by atoms with Gasteiger partial charge >= 0.3 is 0 Å². The summed E-state index contributed by atoms with van der Waals surface area (Å²) in [4.78, 5) is 7.06. The molecule has 16 heavy (non-hydrogen) atoms. The number of hydrogen-bond donors (Lipinski definition) is 3. The Balaban J connectivity index is 1.95. The van der Waals surface area contributed by atoms with Crippen LogP contribution in [0.15, 0.2) is 30.6 Å². The number of aromatic hydroxyl groups is 1. The molecule has 4 nitrogen and oxygen atoms in total. The monoisotopic (exact) mass is 237 g/mol. The van der Waals surface area contributed by atoms with Crippen molar-refractivity contribution in [2.75, 3.05) is 0 Å². The summed E-state index contributed by atoms with van der Waals surface area (Å²) in [7, 11) is 0. The Morgan fingerprint density at radius 3 is 2.94 bits per heavy atom. The van der Waals surface area contributed by atoms with Gasteiger partial charge in [-0.1, -0.05) is 17.7 Å². The number of nitrogens with one attached hydrogen (secondary N) is 2. The fourth-order valence-electron chi connectivity index (χ4n) is 1.42. The summed E-state index contributed by atoms with van der Waals surface area (Å²) in [6, 6.07) is 5.09. The first-order chi connectivity index (χ1) is 7.77. The number of aromatic amines is 1. The largest absolute Gasteiger partial charge is 0.508 e. The highest BCUT2D eigenvalue weighted by Crippen LogP contribution is 2.24. The van der Waals surface area contributed by atoms with Gasteiger partial charge in [-0.05, 0) is 12.1 Å². The lowest BCUT2D eigenvalue weighted by Crippen LogP contribution is -2.14. The highest BCUT2D eigenvalue weighted by molar-refractivity contribution is 6.31. The molecule has 0 aliphatic heterocycles. The van der Waals surface area contributed by atoms with Crippen LogP contribution in [0.25, 0.3) is 0 Å². The van der Waals surface area contributed by atoms with Crippen LogP contribution in [0.2, 0.25) is 5.02 Å². The minimum atomic E-state index is 0.208. The number of phenolic OH excluding ortho intramolecular Hbond substituents is 1. The molecule has 2 rings (SSSR count). The second-order valence-corrected chi connectivity index (χ2v) is 3.78. The average molecular weight is 238 g/mol. The Labute approximate surface area is 98.3 Å². The van der Waals surface area contributed by atoms with E-state index in [2.05, 4.69) is 15.3 Å².